The summed E-state index contributed by atoms with van der Waals surface area (Å²) in [4.78, 5) is 11.6. The zero-order valence-electron chi connectivity index (χ0n) is 10.3. The molecule has 1 atom stereocenters. The lowest BCUT2D eigenvalue weighted by Crippen LogP contribution is -2.24. The van der Waals surface area contributed by atoms with E-state index in [0.29, 0.717) is 10.0 Å². The van der Waals surface area contributed by atoms with Crippen LogP contribution in [0.1, 0.15) is 25.5 Å². The van der Waals surface area contributed by atoms with Gasteiger partial charge in [0.2, 0.25) is 5.91 Å². The van der Waals surface area contributed by atoms with Crippen molar-refractivity contribution in [3.05, 3.63) is 58.1 Å². The number of halogens is 2. The molecule has 0 aliphatic rings. The summed E-state index contributed by atoms with van der Waals surface area (Å²) in [5.74, 6) is -0.161. The molecule has 4 heteroatoms. The molecule has 1 aromatic rings. The highest BCUT2D eigenvalue weighted by Crippen LogP contribution is 2.25. The average molecular weight is 284 g/mol. The van der Waals surface area contributed by atoms with Crippen molar-refractivity contribution >= 4 is 29.1 Å². The van der Waals surface area contributed by atoms with Crippen molar-refractivity contribution in [1.82, 2.24) is 5.32 Å². The molecule has 1 aromatic carbocycles. The van der Waals surface area contributed by atoms with Crippen LogP contribution in [0.4, 0.5) is 0 Å². The summed E-state index contributed by atoms with van der Waals surface area (Å²) in [6.07, 6.45) is 6.80. The van der Waals surface area contributed by atoms with Crippen molar-refractivity contribution in [3.63, 3.8) is 0 Å². The first-order valence-corrected chi connectivity index (χ1v) is 6.35. The van der Waals surface area contributed by atoms with Crippen molar-refractivity contribution in [2.75, 3.05) is 0 Å². The van der Waals surface area contributed by atoms with Crippen molar-refractivity contribution in [2.45, 2.75) is 19.9 Å². The molecule has 0 fully saturated rings. The van der Waals surface area contributed by atoms with Crippen molar-refractivity contribution in [2.24, 2.45) is 0 Å². The van der Waals surface area contributed by atoms with Gasteiger partial charge in [-0.15, -0.1) is 0 Å². The highest BCUT2D eigenvalue weighted by Gasteiger charge is 2.11. The maximum absolute atomic E-state index is 11.6. The molecule has 1 unspecified atom stereocenters. The van der Waals surface area contributed by atoms with E-state index in [2.05, 4.69) is 5.32 Å². The van der Waals surface area contributed by atoms with Crippen molar-refractivity contribution in [3.8, 4) is 0 Å². The number of nitrogens with one attached hydrogen (secondary N) is 1. The Kier molecular flexibility index (Phi) is 5.96. The van der Waals surface area contributed by atoms with Crippen LogP contribution in [0.5, 0.6) is 0 Å². The number of allylic oxidation sites excluding steroid dienone is 3. The predicted molar refractivity (Wildman–Crippen MR) is 77.0 cm³/mol. The Morgan fingerprint density at radius 2 is 2.06 bits per heavy atom. The van der Waals surface area contributed by atoms with Crippen molar-refractivity contribution < 1.29 is 4.79 Å². The minimum atomic E-state index is -0.169. The van der Waals surface area contributed by atoms with Crippen LogP contribution in [0.3, 0.4) is 0 Å². The van der Waals surface area contributed by atoms with Crippen LogP contribution < -0.4 is 5.32 Å². The zero-order valence-corrected chi connectivity index (χ0v) is 11.8. The number of rotatable bonds is 4. The Hall–Kier alpha value is -1.25. The van der Waals surface area contributed by atoms with Gasteiger partial charge in [0.05, 0.1) is 6.04 Å². The van der Waals surface area contributed by atoms with Gasteiger partial charge in [0.25, 0.3) is 0 Å². The second-order valence-corrected chi connectivity index (χ2v) is 4.62. The maximum atomic E-state index is 11.6. The number of carbonyl (C=O) groups excluding carboxylic acids is 1. The number of benzene rings is 1. The van der Waals surface area contributed by atoms with Crippen LogP contribution in [-0.2, 0) is 4.79 Å². The smallest absolute Gasteiger partial charge is 0.244 e. The van der Waals surface area contributed by atoms with E-state index in [4.69, 9.17) is 23.2 Å². The molecule has 2 nitrogen and oxygen atoms in total. The Morgan fingerprint density at radius 3 is 2.67 bits per heavy atom. The maximum Gasteiger partial charge on any atom is 0.244 e. The van der Waals surface area contributed by atoms with Gasteiger partial charge < -0.3 is 5.32 Å². The van der Waals surface area contributed by atoms with Crippen LogP contribution in [0, 0.1) is 0 Å². The molecule has 96 valence electrons. The first kappa shape index (κ1) is 14.8. The lowest BCUT2D eigenvalue weighted by molar-refractivity contribution is -0.117. The Bertz CT molecular complexity index is 481. The first-order valence-electron chi connectivity index (χ1n) is 5.59. The second kappa shape index (κ2) is 7.24. The Balaban J connectivity index is 2.70. The van der Waals surface area contributed by atoms with Gasteiger partial charge in [-0.25, -0.2) is 0 Å². The molecule has 0 heterocycles. The average Bonchev–Trinajstić information content (AvgIpc) is 2.28. The fourth-order valence-corrected chi connectivity index (χ4v) is 2.02. The van der Waals surface area contributed by atoms with E-state index in [9.17, 15) is 4.79 Å². The normalized spacial score (nSPS) is 13.1. The van der Waals surface area contributed by atoms with Gasteiger partial charge in [-0.3, -0.25) is 4.79 Å². The second-order valence-electron chi connectivity index (χ2n) is 3.78. The molecule has 0 saturated heterocycles. The fraction of sp³-hybridized carbons (Fsp3) is 0.214. The molecule has 0 aromatic heterocycles. The van der Waals surface area contributed by atoms with Gasteiger partial charge in [0.15, 0.2) is 0 Å². The van der Waals surface area contributed by atoms with E-state index in [-0.39, 0.29) is 11.9 Å². The van der Waals surface area contributed by atoms with E-state index in [0.717, 1.165) is 5.56 Å². The molecule has 0 aliphatic heterocycles. The van der Waals surface area contributed by atoms with Gasteiger partial charge in [0.1, 0.15) is 0 Å². The summed E-state index contributed by atoms with van der Waals surface area (Å²) in [5.41, 5.74) is 0.842. The largest absolute Gasteiger partial charge is 0.346 e. The van der Waals surface area contributed by atoms with Crippen LogP contribution in [0.15, 0.2) is 42.5 Å². The quantitative estimate of drug-likeness (QED) is 0.648. The first-order chi connectivity index (χ1) is 8.54. The molecule has 0 aliphatic carbocycles. The molecule has 18 heavy (non-hydrogen) atoms. The lowest BCUT2D eigenvalue weighted by atomic mass is 10.1. The zero-order chi connectivity index (χ0) is 13.5. The highest BCUT2D eigenvalue weighted by atomic mass is 35.5. The number of hydrogen-bond acceptors (Lipinski definition) is 1. The summed E-state index contributed by atoms with van der Waals surface area (Å²) >= 11 is 11.9. The molecule has 1 rings (SSSR count). The molecule has 0 radical (unpaired) electrons. The summed E-state index contributed by atoms with van der Waals surface area (Å²) in [6, 6.07) is 5.06. The van der Waals surface area contributed by atoms with E-state index in [1.54, 1.807) is 24.3 Å². The molecule has 0 spiro atoms. The van der Waals surface area contributed by atoms with E-state index >= 15 is 0 Å². The molecular weight excluding hydrogens is 269 g/mol. The predicted octanol–water partition coefficient (Wildman–Crippen LogP) is 4.30. The lowest BCUT2D eigenvalue weighted by Gasteiger charge is -2.14. The van der Waals surface area contributed by atoms with E-state index in [1.165, 1.54) is 6.08 Å². The molecule has 0 saturated carbocycles. The van der Waals surface area contributed by atoms with Gasteiger partial charge in [-0.1, -0.05) is 47.5 Å². The minimum Gasteiger partial charge on any atom is -0.346 e. The van der Waals surface area contributed by atoms with Crippen LogP contribution in [0.2, 0.25) is 10.0 Å². The summed E-state index contributed by atoms with van der Waals surface area (Å²) < 4.78 is 0. The molecule has 1 N–H and O–H groups in total. The molecule has 1 amide bonds. The monoisotopic (exact) mass is 283 g/mol. The van der Waals surface area contributed by atoms with Gasteiger partial charge in [-0.2, -0.15) is 0 Å². The number of hydrogen-bond donors (Lipinski definition) is 1. The molecule has 0 bridgehead atoms. The third-order valence-electron chi connectivity index (χ3n) is 2.34. The van der Waals surface area contributed by atoms with E-state index < -0.39 is 0 Å². The Morgan fingerprint density at radius 1 is 1.33 bits per heavy atom. The minimum absolute atomic E-state index is 0.161. The summed E-state index contributed by atoms with van der Waals surface area (Å²) in [5, 5.41) is 3.96. The SMILES string of the molecule is C/C=C/C=C/C(=O)NC(C)c1ccc(Cl)cc1Cl. The highest BCUT2D eigenvalue weighted by molar-refractivity contribution is 6.35. The van der Waals surface area contributed by atoms with Crippen molar-refractivity contribution in [1.29, 1.82) is 0 Å². The Labute approximate surface area is 117 Å². The third-order valence-corrected chi connectivity index (χ3v) is 2.90. The van der Waals surface area contributed by atoms with E-state index in [1.807, 2.05) is 26.0 Å². The topological polar surface area (TPSA) is 29.1 Å². The van der Waals surface area contributed by atoms with Gasteiger partial charge in [-0.05, 0) is 31.5 Å². The van der Waals surface area contributed by atoms with Crippen LogP contribution >= 0.6 is 23.2 Å². The number of amides is 1. The summed E-state index contributed by atoms with van der Waals surface area (Å²) in [6.45, 7) is 3.76. The molecular formula is C14H15Cl2NO. The van der Waals surface area contributed by atoms with Gasteiger partial charge >= 0.3 is 0 Å². The summed E-state index contributed by atoms with van der Waals surface area (Å²) in [7, 11) is 0. The third kappa shape index (κ3) is 4.55. The fourth-order valence-electron chi connectivity index (χ4n) is 1.45. The van der Waals surface area contributed by atoms with Crippen LogP contribution in [-0.4, -0.2) is 5.91 Å². The standard InChI is InChI=1S/C14H15Cl2NO/c1-3-4-5-6-14(18)17-10(2)12-8-7-11(15)9-13(12)16/h3-10H,1-2H3,(H,17,18)/b4-3+,6-5+. The van der Waals surface area contributed by atoms with Gasteiger partial charge in [0, 0.05) is 16.1 Å². The number of carbonyl (C=O) groups is 1. The van der Waals surface area contributed by atoms with Crippen LogP contribution in [0.25, 0.3) is 0 Å².